The zero-order chi connectivity index (χ0) is 12.4. The molecule has 0 unspecified atom stereocenters. The van der Waals surface area contributed by atoms with Gasteiger partial charge in [-0.2, -0.15) is 0 Å². The van der Waals surface area contributed by atoms with Crippen molar-refractivity contribution in [2.45, 2.75) is 13.7 Å². The molecule has 0 aliphatic heterocycles. The topological polar surface area (TPSA) is 42.2 Å². The fourth-order valence-corrected chi connectivity index (χ4v) is 1.58. The minimum absolute atomic E-state index is 0.178. The quantitative estimate of drug-likeness (QED) is 0.865. The largest absolute Gasteiger partial charge is 0.508 e. The summed E-state index contributed by atoms with van der Waals surface area (Å²) >= 11 is 0. The molecular formula is C13H12FNO2. The van der Waals surface area contributed by atoms with E-state index >= 15 is 0 Å². The average molecular weight is 233 g/mol. The Morgan fingerprint density at radius 3 is 2.53 bits per heavy atom. The number of aryl methyl sites for hydroxylation is 1. The molecule has 88 valence electrons. The van der Waals surface area contributed by atoms with Gasteiger partial charge in [-0.25, -0.2) is 4.39 Å². The van der Waals surface area contributed by atoms with Gasteiger partial charge in [0.25, 0.3) is 5.56 Å². The highest BCUT2D eigenvalue weighted by atomic mass is 19.1. The summed E-state index contributed by atoms with van der Waals surface area (Å²) in [6.45, 7) is 0.957. The second-order valence-electron chi connectivity index (χ2n) is 3.84. The van der Waals surface area contributed by atoms with Gasteiger partial charge >= 0.3 is 0 Å². The number of rotatable bonds is 2. The summed E-state index contributed by atoms with van der Waals surface area (Å²) in [5.41, 5.74) is 1.77. The van der Waals surface area contributed by atoms with Gasteiger partial charge in [0, 0.05) is 12.3 Å². The maximum atomic E-state index is 12.4. The van der Waals surface area contributed by atoms with Crippen molar-refractivity contribution in [1.29, 1.82) is 0 Å². The summed E-state index contributed by atoms with van der Waals surface area (Å²) < 4.78 is 13.3. The van der Waals surface area contributed by atoms with E-state index in [2.05, 4.69) is 0 Å². The Morgan fingerprint density at radius 2 is 1.94 bits per heavy atom. The van der Waals surface area contributed by atoms with Crippen molar-refractivity contribution < 1.29 is 9.50 Å². The van der Waals surface area contributed by atoms with Gasteiger partial charge in [-0.05, 0) is 35.7 Å². The third kappa shape index (κ3) is 2.20. The van der Waals surface area contributed by atoms with Crippen LogP contribution in [0.2, 0.25) is 0 Å². The zero-order valence-electron chi connectivity index (χ0n) is 9.35. The molecule has 0 amide bonds. The van der Waals surface area contributed by atoms with Crippen LogP contribution >= 0.6 is 0 Å². The number of alkyl halides is 1. The number of benzene rings is 1. The smallest absolute Gasteiger partial charge is 0.253 e. The number of phenolic OH excluding ortho intramolecular Hbond substituents is 1. The van der Waals surface area contributed by atoms with Gasteiger partial charge in [-0.1, -0.05) is 12.1 Å². The molecule has 1 aromatic carbocycles. The number of hydrogen-bond acceptors (Lipinski definition) is 2. The molecule has 2 rings (SSSR count). The third-order valence-corrected chi connectivity index (χ3v) is 2.67. The van der Waals surface area contributed by atoms with Crippen LogP contribution in [-0.2, 0) is 6.80 Å². The van der Waals surface area contributed by atoms with E-state index in [4.69, 9.17) is 0 Å². The molecular weight excluding hydrogens is 221 g/mol. The van der Waals surface area contributed by atoms with Crippen LogP contribution < -0.4 is 5.56 Å². The van der Waals surface area contributed by atoms with E-state index in [0.29, 0.717) is 5.56 Å². The number of halogens is 1. The molecule has 0 aliphatic rings. The highest BCUT2D eigenvalue weighted by Gasteiger charge is 2.03. The lowest BCUT2D eigenvalue weighted by Gasteiger charge is -2.05. The number of aromatic nitrogens is 1. The van der Waals surface area contributed by atoms with Gasteiger partial charge < -0.3 is 5.11 Å². The van der Waals surface area contributed by atoms with E-state index in [1.165, 1.54) is 12.3 Å². The number of hydrogen-bond donors (Lipinski definition) is 1. The second kappa shape index (κ2) is 4.41. The molecule has 0 saturated heterocycles. The Labute approximate surface area is 97.8 Å². The fourth-order valence-electron chi connectivity index (χ4n) is 1.58. The molecule has 1 heterocycles. The van der Waals surface area contributed by atoms with Crippen molar-refractivity contribution in [3.8, 4) is 16.9 Å². The molecule has 0 bridgehead atoms. The van der Waals surface area contributed by atoms with Gasteiger partial charge in [0.15, 0.2) is 6.80 Å². The predicted molar refractivity (Wildman–Crippen MR) is 63.6 cm³/mol. The van der Waals surface area contributed by atoms with Gasteiger partial charge in [-0.15, -0.1) is 0 Å². The van der Waals surface area contributed by atoms with Crippen molar-refractivity contribution in [2.75, 3.05) is 0 Å². The van der Waals surface area contributed by atoms with E-state index < -0.39 is 12.4 Å². The molecule has 0 radical (unpaired) electrons. The Kier molecular flexibility index (Phi) is 2.95. The van der Waals surface area contributed by atoms with Crippen molar-refractivity contribution in [3.05, 3.63) is 52.4 Å². The van der Waals surface area contributed by atoms with Crippen LogP contribution in [-0.4, -0.2) is 9.67 Å². The van der Waals surface area contributed by atoms with Crippen LogP contribution in [0.25, 0.3) is 11.1 Å². The Hall–Kier alpha value is -2.10. The lowest BCUT2D eigenvalue weighted by atomic mass is 10.0. The van der Waals surface area contributed by atoms with Crippen molar-refractivity contribution >= 4 is 0 Å². The predicted octanol–water partition coefficient (Wildman–Crippen LogP) is 2.46. The van der Waals surface area contributed by atoms with Crippen LogP contribution in [0.15, 0.2) is 41.3 Å². The Bertz CT molecular complexity index is 605. The van der Waals surface area contributed by atoms with Crippen molar-refractivity contribution in [1.82, 2.24) is 4.57 Å². The fraction of sp³-hybridized carbons (Fsp3) is 0.154. The van der Waals surface area contributed by atoms with Gasteiger partial charge in [0.05, 0.1) is 0 Å². The molecule has 3 nitrogen and oxygen atoms in total. The van der Waals surface area contributed by atoms with E-state index in [0.717, 1.165) is 15.7 Å². The summed E-state index contributed by atoms with van der Waals surface area (Å²) in [6, 6.07) is 8.16. The van der Waals surface area contributed by atoms with Gasteiger partial charge in [-0.3, -0.25) is 9.36 Å². The summed E-state index contributed by atoms with van der Waals surface area (Å²) in [6.07, 6.45) is 1.40. The first-order valence-corrected chi connectivity index (χ1v) is 5.18. The molecule has 0 fully saturated rings. The maximum Gasteiger partial charge on any atom is 0.253 e. The lowest BCUT2D eigenvalue weighted by molar-refractivity contribution is 0.369. The number of nitrogens with zero attached hydrogens (tertiary/aromatic N) is 1. The maximum absolute atomic E-state index is 12.4. The SMILES string of the molecule is Cc1ccc(-c2ccn(CF)c(=O)c2)cc1O. The molecule has 17 heavy (non-hydrogen) atoms. The molecule has 0 atom stereocenters. The van der Waals surface area contributed by atoms with Gasteiger partial charge in [0.2, 0.25) is 0 Å². The first-order valence-electron chi connectivity index (χ1n) is 5.18. The first-order chi connectivity index (χ1) is 8.11. The molecule has 1 N–H and O–H groups in total. The highest BCUT2D eigenvalue weighted by Crippen LogP contribution is 2.24. The second-order valence-corrected chi connectivity index (χ2v) is 3.84. The van der Waals surface area contributed by atoms with Crippen LogP contribution in [0, 0.1) is 6.92 Å². The molecule has 4 heteroatoms. The van der Waals surface area contributed by atoms with Gasteiger partial charge in [0.1, 0.15) is 5.75 Å². The summed E-state index contributed by atoms with van der Waals surface area (Å²) in [5, 5.41) is 9.59. The van der Waals surface area contributed by atoms with E-state index in [-0.39, 0.29) is 5.75 Å². The van der Waals surface area contributed by atoms with Crippen molar-refractivity contribution in [2.24, 2.45) is 0 Å². The van der Waals surface area contributed by atoms with E-state index in [1.807, 2.05) is 6.07 Å². The Balaban J connectivity index is 2.50. The van der Waals surface area contributed by atoms with E-state index in [1.54, 1.807) is 25.1 Å². The number of aromatic hydroxyl groups is 1. The number of phenols is 1. The first kappa shape index (κ1) is 11.4. The van der Waals surface area contributed by atoms with E-state index in [9.17, 15) is 14.3 Å². The number of pyridine rings is 1. The highest BCUT2D eigenvalue weighted by molar-refractivity contribution is 5.65. The zero-order valence-corrected chi connectivity index (χ0v) is 9.35. The van der Waals surface area contributed by atoms with Crippen molar-refractivity contribution in [3.63, 3.8) is 0 Å². The molecule has 0 aliphatic carbocycles. The Morgan fingerprint density at radius 1 is 1.24 bits per heavy atom. The van der Waals surface area contributed by atoms with Crippen LogP contribution in [0.5, 0.6) is 5.75 Å². The van der Waals surface area contributed by atoms with Crippen LogP contribution in [0.1, 0.15) is 5.56 Å². The summed E-state index contributed by atoms with van der Waals surface area (Å²) in [7, 11) is 0. The minimum atomic E-state index is -0.835. The normalized spacial score (nSPS) is 10.5. The molecule has 0 spiro atoms. The van der Waals surface area contributed by atoms with Crippen LogP contribution in [0.3, 0.4) is 0 Å². The monoisotopic (exact) mass is 233 g/mol. The minimum Gasteiger partial charge on any atom is -0.508 e. The third-order valence-electron chi connectivity index (χ3n) is 2.67. The lowest BCUT2D eigenvalue weighted by Crippen LogP contribution is -2.16. The molecule has 1 aromatic heterocycles. The van der Waals surface area contributed by atoms with Crippen LogP contribution in [0.4, 0.5) is 4.39 Å². The summed E-state index contributed by atoms with van der Waals surface area (Å²) in [5.74, 6) is 0.178. The molecule has 0 saturated carbocycles. The molecule has 2 aromatic rings. The summed E-state index contributed by atoms with van der Waals surface area (Å²) in [4.78, 5) is 11.5. The average Bonchev–Trinajstić information content (AvgIpc) is 2.32. The standard InChI is InChI=1S/C13H12FNO2/c1-9-2-3-10(6-12(9)16)11-4-5-15(8-14)13(17)7-11/h2-7,16H,8H2,1H3.